The third-order valence-electron chi connectivity index (χ3n) is 5.46. The van der Waals surface area contributed by atoms with Crippen LogP contribution in [0.15, 0.2) is 42.5 Å². The number of aliphatic hydroxyl groups is 1. The van der Waals surface area contributed by atoms with Gasteiger partial charge in [-0.25, -0.2) is 0 Å². The van der Waals surface area contributed by atoms with Crippen molar-refractivity contribution in [3.8, 4) is 12.1 Å². The summed E-state index contributed by atoms with van der Waals surface area (Å²) in [6, 6.07) is 13.7. The molecule has 1 fully saturated rings. The quantitative estimate of drug-likeness (QED) is 0.716. The monoisotopic (exact) mass is 457 g/mol. The van der Waals surface area contributed by atoms with Crippen LogP contribution in [0.4, 0.5) is 24.5 Å². The third kappa shape index (κ3) is 5.61. The Kier molecular flexibility index (Phi) is 6.92. The largest absolute Gasteiger partial charge is 0.417 e. The molecule has 1 saturated heterocycles. The Morgan fingerprint density at radius 1 is 1.06 bits per heavy atom. The first-order valence-electron chi connectivity index (χ1n) is 10.2. The molecule has 0 aromatic heterocycles. The lowest BCUT2D eigenvalue weighted by Crippen LogP contribution is -2.55. The summed E-state index contributed by atoms with van der Waals surface area (Å²) in [5.41, 5.74) is -2.34. The number of rotatable bonds is 5. The van der Waals surface area contributed by atoms with Crippen molar-refractivity contribution >= 4 is 17.3 Å². The van der Waals surface area contributed by atoms with Gasteiger partial charge in [0.15, 0.2) is 5.60 Å². The van der Waals surface area contributed by atoms with Crippen molar-refractivity contribution in [2.24, 2.45) is 0 Å². The summed E-state index contributed by atoms with van der Waals surface area (Å²) in [5, 5.41) is 31.2. The number of piperazine rings is 1. The van der Waals surface area contributed by atoms with Crippen LogP contribution in [0.1, 0.15) is 23.6 Å². The van der Waals surface area contributed by atoms with E-state index in [1.165, 1.54) is 19.1 Å². The number of hydrogen-bond acceptors (Lipinski definition) is 6. The number of nitrogens with zero attached hydrogens (tertiary/aromatic N) is 4. The smallest absolute Gasteiger partial charge is 0.379 e. The maximum atomic E-state index is 13.2. The zero-order chi connectivity index (χ0) is 24.2. The second-order valence-electron chi connectivity index (χ2n) is 7.99. The first kappa shape index (κ1) is 24.1. The average molecular weight is 457 g/mol. The highest BCUT2D eigenvalue weighted by Gasteiger charge is 2.36. The standard InChI is InChI=1S/C23H22F3N5O2/c1-22(33,21(32)29-18-7-6-16(13-27)19(12-18)23(24,25)26)15-30-8-10-31(11-9-30)20-5-3-2-4-17(20)14-28/h2-7,12,33H,8-11,15H2,1H3,(H,29,32). The molecule has 1 heterocycles. The van der Waals surface area contributed by atoms with E-state index in [0.717, 1.165) is 11.8 Å². The summed E-state index contributed by atoms with van der Waals surface area (Å²) in [7, 11) is 0. The highest BCUT2D eigenvalue weighted by molar-refractivity contribution is 5.97. The van der Waals surface area contributed by atoms with Gasteiger partial charge in [0.25, 0.3) is 5.91 Å². The molecule has 7 nitrogen and oxygen atoms in total. The van der Waals surface area contributed by atoms with E-state index in [-0.39, 0.29) is 12.2 Å². The molecule has 1 unspecified atom stereocenters. The minimum absolute atomic E-state index is 0.0189. The molecule has 1 aliphatic rings. The molecule has 0 spiro atoms. The van der Waals surface area contributed by atoms with E-state index in [9.17, 15) is 28.3 Å². The normalized spacial score (nSPS) is 16.4. The number of carbonyl (C=O) groups excluding carboxylic acids is 1. The highest BCUT2D eigenvalue weighted by atomic mass is 19.4. The van der Waals surface area contributed by atoms with Gasteiger partial charge in [0.05, 0.1) is 28.4 Å². The number of alkyl halides is 3. The van der Waals surface area contributed by atoms with Gasteiger partial charge in [-0.05, 0) is 37.3 Å². The summed E-state index contributed by atoms with van der Waals surface area (Å²) in [5.74, 6) is -0.849. The van der Waals surface area contributed by atoms with Gasteiger partial charge in [0, 0.05) is 38.4 Å². The van der Waals surface area contributed by atoms with Gasteiger partial charge in [-0.1, -0.05) is 12.1 Å². The molecule has 2 aromatic rings. The molecular weight excluding hydrogens is 435 g/mol. The number of nitriles is 2. The molecule has 33 heavy (non-hydrogen) atoms. The van der Waals surface area contributed by atoms with Crippen molar-refractivity contribution in [3.05, 3.63) is 59.2 Å². The van der Waals surface area contributed by atoms with Gasteiger partial charge in [0.2, 0.25) is 0 Å². The van der Waals surface area contributed by atoms with E-state index >= 15 is 0 Å². The molecule has 3 rings (SSSR count). The van der Waals surface area contributed by atoms with Crippen molar-refractivity contribution < 1.29 is 23.1 Å². The summed E-state index contributed by atoms with van der Waals surface area (Å²) < 4.78 is 39.5. The molecule has 1 atom stereocenters. The number of nitrogens with one attached hydrogen (secondary N) is 1. The van der Waals surface area contributed by atoms with Crippen molar-refractivity contribution in [2.45, 2.75) is 18.7 Å². The molecule has 1 aliphatic heterocycles. The van der Waals surface area contributed by atoms with Crippen molar-refractivity contribution in [2.75, 3.05) is 42.9 Å². The van der Waals surface area contributed by atoms with Crippen LogP contribution >= 0.6 is 0 Å². The van der Waals surface area contributed by atoms with Gasteiger partial charge in [-0.3, -0.25) is 9.69 Å². The van der Waals surface area contributed by atoms with E-state index in [4.69, 9.17) is 5.26 Å². The molecule has 0 bridgehead atoms. The van der Waals surface area contributed by atoms with Gasteiger partial charge in [0.1, 0.15) is 6.07 Å². The van der Waals surface area contributed by atoms with Crippen molar-refractivity contribution in [3.63, 3.8) is 0 Å². The number of amides is 1. The van der Waals surface area contributed by atoms with E-state index < -0.39 is 28.8 Å². The van der Waals surface area contributed by atoms with Crippen LogP contribution in [0.2, 0.25) is 0 Å². The fourth-order valence-electron chi connectivity index (χ4n) is 3.72. The molecule has 0 saturated carbocycles. The second-order valence-corrected chi connectivity index (χ2v) is 7.99. The second kappa shape index (κ2) is 9.49. The number of carbonyl (C=O) groups is 1. The Morgan fingerprint density at radius 2 is 1.70 bits per heavy atom. The zero-order valence-electron chi connectivity index (χ0n) is 17.9. The summed E-state index contributed by atoms with van der Waals surface area (Å²) >= 11 is 0. The molecule has 2 N–H and O–H groups in total. The van der Waals surface area contributed by atoms with Crippen LogP contribution in [-0.2, 0) is 11.0 Å². The molecule has 0 radical (unpaired) electrons. The highest BCUT2D eigenvalue weighted by Crippen LogP contribution is 2.33. The van der Waals surface area contributed by atoms with Crippen LogP contribution in [-0.4, -0.2) is 54.2 Å². The van der Waals surface area contributed by atoms with Crippen molar-refractivity contribution in [1.82, 2.24) is 4.90 Å². The fraction of sp³-hybridized carbons (Fsp3) is 0.348. The molecule has 1 amide bonds. The number of β-amino-alcohol motifs (C(OH)–C–C–N with tert-alkyl or cyclic N) is 1. The molecular formula is C23H22F3N5O2. The Labute approximate surface area is 189 Å². The predicted octanol–water partition coefficient (Wildman–Crippen LogP) is 2.96. The maximum Gasteiger partial charge on any atom is 0.417 e. The van der Waals surface area contributed by atoms with E-state index in [1.807, 2.05) is 17.0 Å². The minimum atomic E-state index is -4.75. The zero-order valence-corrected chi connectivity index (χ0v) is 17.9. The van der Waals surface area contributed by atoms with Gasteiger partial charge < -0.3 is 15.3 Å². The van der Waals surface area contributed by atoms with Crippen LogP contribution in [0.3, 0.4) is 0 Å². The first-order valence-corrected chi connectivity index (χ1v) is 10.2. The maximum absolute atomic E-state index is 13.2. The van der Waals surface area contributed by atoms with Gasteiger partial charge in [-0.15, -0.1) is 0 Å². The SMILES string of the molecule is CC(O)(CN1CCN(c2ccccc2C#N)CC1)C(=O)Nc1ccc(C#N)c(C(F)(F)F)c1. The molecule has 0 aliphatic carbocycles. The summed E-state index contributed by atoms with van der Waals surface area (Å²) in [4.78, 5) is 16.5. The predicted molar refractivity (Wildman–Crippen MR) is 115 cm³/mol. The lowest BCUT2D eigenvalue weighted by molar-refractivity contribution is -0.138. The van der Waals surface area contributed by atoms with Crippen LogP contribution in [0.25, 0.3) is 0 Å². The summed E-state index contributed by atoms with van der Waals surface area (Å²) in [6.45, 7) is 3.50. The Hall–Kier alpha value is -3.60. The summed E-state index contributed by atoms with van der Waals surface area (Å²) in [6.07, 6.45) is -4.75. The number of para-hydroxylation sites is 1. The average Bonchev–Trinajstić information content (AvgIpc) is 2.78. The number of hydrogen-bond donors (Lipinski definition) is 2. The van der Waals surface area contributed by atoms with Crippen LogP contribution in [0, 0.1) is 22.7 Å². The van der Waals surface area contributed by atoms with E-state index in [1.54, 1.807) is 12.1 Å². The number of anilines is 2. The third-order valence-corrected chi connectivity index (χ3v) is 5.46. The van der Waals surface area contributed by atoms with E-state index in [0.29, 0.717) is 37.8 Å². The Balaban J connectivity index is 1.63. The van der Waals surface area contributed by atoms with Gasteiger partial charge >= 0.3 is 6.18 Å². The van der Waals surface area contributed by atoms with Crippen LogP contribution in [0.5, 0.6) is 0 Å². The van der Waals surface area contributed by atoms with E-state index in [2.05, 4.69) is 16.3 Å². The minimum Gasteiger partial charge on any atom is -0.379 e. The van der Waals surface area contributed by atoms with Crippen molar-refractivity contribution in [1.29, 1.82) is 10.5 Å². The number of benzene rings is 2. The lowest BCUT2D eigenvalue weighted by atomic mass is 10.0. The topological polar surface area (TPSA) is 103 Å². The number of halogens is 3. The first-order chi connectivity index (χ1) is 15.5. The molecule has 10 heteroatoms. The Morgan fingerprint density at radius 3 is 2.30 bits per heavy atom. The van der Waals surface area contributed by atoms with Crippen LogP contribution < -0.4 is 10.2 Å². The Bertz CT molecular complexity index is 1110. The van der Waals surface area contributed by atoms with Gasteiger partial charge in [-0.2, -0.15) is 23.7 Å². The lowest BCUT2D eigenvalue weighted by Gasteiger charge is -2.39. The molecule has 2 aromatic carbocycles. The fourth-order valence-corrected chi connectivity index (χ4v) is 3.72. The molecule has 172 valence electrons.